The van der Waals surface area contributed by atoms with Crippen molar-refractivity contribution in [2.24, 2.45) is 0 Å². The Balaban J connectivity index is 1.68. The van der Waals surface area contributed by atoms with Crippen LogP contribution in [0.25, 0.3) is 0 Å². The second-order valence-corrected chi connectivity index (χ2v) is 9.59. The number of piperazine rings is 1. The molecule has 0 unspecified atom stereocenters. The highest BCUT2D eigenvalue weighted by Crippen LogP contribution is 2.24. The van der Waals surface area contributed by atoms with Crippen LogP contribution in [0.15, 0.2) is 47.4 Å². The molecule has 1 N–H and O–H groups in total. The summed E-state index contributed by atoms with van der Waals surface area (Å²) in [6.07, 6.45) is 0.104. The maximum atomic E-state index is 12.9. The van der Waals surface area contributed by atoms with Crippen LogP contribution in [0.1, 0.15) is 12.5 Å². The Morgan fingerprint density at radius 2 is 1.76 bits per heavy atom. The van der Waals surface area contributed by atoms with Gasteiger partial charge in [0.1, 0.15) is 0 Å². The molecule has 2 aromatic rings. The Hall–Kier alpha value is -1.64. The third-order valence-electron chi connectivity index (χ3n) is 4.88. The zero-order chi connectivity index (χ0) is 21.0. The Morgan fingerprint density at radius 1 is 1.03 bits per heavy atom. The summed E-state index contributed by atoms with van der Waals surface area (Å²) >= 11 is 11.9. The quantitative estimate of drug-likeness (QED) is 0.723. The van der Waals surface area contributed by atoms with Crippen molar-refractivity contribution in [3.8, 4) is 0 Å². The van der Waals surface area contributed by atoms with E-state index in [-0.39, 0.29) is 17.2 Å². The molecule has 1 heterocycles. The van der Waals surface area contributed by atoms with E-state index in [1.807, 2.05) is 0 Å². The molecule has 9 heteroatoms. The highest BCUT2D eigenvalue weighted by atomic mass is 35.5. The Kier molecular flexibility index (Phi) is 7.19. The van der Waals surface area contributed by atoms with Gasteiger partial charge in [-0.3, -0.25) is 4.79 Å². The van der Waals surface area contributed by atoms with Gasteiger partial charge in [0.25, 0.3) is 0 Å². The summed E-state index contributed by atoms with van der Waals surface area (Å²) in [5.41, 5.74) is 1.15. The van der Waals surface area contributed by atoms with E-state index in [1.54, 1.807) is 36.4 Å². The van der Waals surface area contributed by atoms with E-state index >= 15 is 0 Å². The van der Waals surface area contributed by atoms with E-state index < -0.39 is 10.0 Å². The number of likely N-dealkylation sites (N-methyl/N-ethyl adjacent to an activating group) is 1. The van der Waals surface area contributed by atoms with Gasteiger partial charge in [0.05, 0.1) is 21.4 Å². The molecule has 0 aliphatic carbocycles. The van der Waals surface area contributed by atoms with Crippen molar-refractivity contribution in [3.63, 3.8) is 0 Å². The van der Waals surface area contributed by atoms with Gasteiger partial charge < -0.3 is 10.2 Å². The molecule has 0 spiro atoms. The minimum absolute atomic E-state index is 0.104. The molecule has 1 saturated heterocycles. The smallest absolute Gasteiger partial charge is 0.243 e. The molecule has 1 aliphatic rings. The molecule has 1 fully saturated rings. The Bertz CT molecular complexity index is 990. The number of halogens is 2. The number of amides is 1. The van der Waals surface area contributed by atoms with Crippen molar-refractivity contribution in [2.45, 2.75) is 18.2 Å². The fourth-order valence-corrected chi connectivity index (χ4v) is 5.00. The first kappa shape index (κ1) is 22.1. The van der Waals surface area contributed by atoms with Crippen LogP contribution in [-0.2, 0) is 21.2 Å². The van der Waals surface area contributed by atoms with Crippen LogP contribution in [0.2, 0.25) is 10.0 Å². The van der Waals surface area contributed by atoms with E-state index in [0.717, 1.165) is 25.2 Å². The van der Waals surface area contributed by atoms with Crippen LogP contribution in [0.3, 0.4) is 0 Å². The molecular weight excluding hydrogens is 433 g/mol. The van der Waals surface area contributed by atoms with Gasteiger partial charge in [0.15, 0.2) is 0 Å². The lowest BCUT2D eigenvalue weighted by molar-refractivity contribution is -0.115. The first-order valence-corrected chi connectivity index (χ1v) is 11.6. The number of anilines is 1. The number of hydrogen-bond donors (Lipinski definition) is 1. The van der Waals surface area contributed by atoms with Gasteiger partial charge in [0.2, 0.25) is 15.9 Å². The monoisotopic (exact) mass is 455 g/mol. The summed E-state index contributed by atoms with van der Waals surface area (Å²) in [6, 6.07) is 11.3. The van der Waals surface area contributed by atoms with Gasteiger partial charge in [-0.05, 0) is 42.4 Å². The molecule has 0 radical (unpaired) electrons. The van der Waals surface area contributed by atoms with Gasteiger partial charge in [-0.25, -0.2) is 8.42 Å². The highest BCUT2D eigenvalue weighted by Gasteiger charge is 2.28. The zero-order valence-electron chi connectivity index (χ0n) is 16.1. The SMILES string of the molecule is CCN1CCN(S(=O)(=O)c2cccc(NC(=O)Cc3ccc(Cl)c(Cl)c3)c2)CC1. The lowest BCUT2D eigenvalue weighted by atomic mass is 10.1. The van der Waals surface area contributed by atoms with Gasteiger partial charge in [0, 0.05) is 31.9 Å². The minimum Gasteiger partial charge on any atom is -0.326 e. The van der Waals surface area contributed by atoms with Gasteiger partial charge >= 0.3 is 0 Å². The lowest BCUT2D eigenvalue weighted by Crippen LogP contribution is -2.48. The molecule has 1 amide bonds. The molecule has 0 aromatic heterocycles. The molecule has 0 atom stereocenters. The fourth-order valence-electron chi connectivity index (χ4n) is 3.21. The number of carbonyl (C=O) groups excluding carboxylic acids is 1. The van der Waals surface area contributed by atoms with E-state index in [1.165, 1.54) is 10.4 Å². The lowest BCUT2D eigenvalue weighted by Gasteiger charge is -2.33. The third kappa shape index (κ3) is 5.49. The second-order valence-electron chi connectivity index (χ2n) is 6.84. The maximum absolute atomic E-state index is 12.9. The summed E-state index contributed by atoms with van der Waals surface area (Å²) in [5.74, 6) is -0.269. The molecular formula is C20H23Cl2N3O3S. The number of nitrogens with zero attached hydrogens (tertiary/aromatic N) is 2. The van der Waals surface area contributed by atoms with Crippen molar-refractivity contribution in [2.75, 3.05) is 38.0 Å². The van der Waals surface area contributed by atoms with Crippen LogP contribution in [0, 0.1) is 0 Å². The van der Waals surface area contributed by atoms with Crippen LogP contribution >= 0.6 is 23.2 Å². The summed E-state index contributed by atoms with van der Waals surface area (Å²) in [4.78, 5) is 14.7. The second kappa shape index (κ2) is 9.45. The minimum atomic E-state index is -3.60. The first-order valence-electron chi connectivity index (χ1n) is 9.36. The molecule has 156 valence electrons. The predicted molar refractivity (Wildman–Crippen MR) is 116 cm³/mol. The molecule has 0 bridgehead atoms. The molecule has 2 aromatic carbocycles. The first-order chi connectivity index (χ1) is 13.8. The highest BCUT2D eigenvalue weighted by molar-refractivity contribution is 7.89. The zero-order valence-corrected chi connectivity index (χ0v) is 18.4. The van der Waals surface area contributed by atoms with E-state index in [9.17, 15) is 13.2 Å². The number of hydrogen-bond acceptors (Lipinski definition) is 4. The van der Waals surface area contributed by atoms with Gasteiger partial charge in [-0.2, -0.15) is 4.31 Å². The maximum Gasteiger partial charge on any atom is 0.243 e. The van der Waals surface area contributed by atoms with Gasteiger partial charge in [-0.15, -0.1) is 0 Å². The van der Waals surface area contributed by atoms with E-state index in [4.69, 9.17) is 23.2 Å². The number of benzene rings is 2. The molecule has 0 saturated carbocycles. The summed E-state index contributed by atoms with van der Waals surface area (Å²) < 4.78 is 27.4. The topological polar surface area (TPSA) is 69.7 Å². The van der Waals surface area contributed by atoms with E-state index in [0.29, 0.717) is 28.8 Å². The summed E-state index contributed by atoms with van der Waals surface area (Å²) in [6.45, 7) is 5.34. The average molecular weight is 456 g/mol. The number of rotatable bonds is 6. The van der Waals surface area contributed by atoms with Crippen LogP contribution < -0.4 is 5.32 Å². The Morgan fingerprint density at radius 3 is 2.41 bits per heavy atom. The fraction of sp³-hybridized carbons (Fsp3) is 0.350. The van der Waals surface area contributed by atoms with Crippen molar-refractivity contribution in [3.05, 3.63) is 58.1 Å². The molecule has 1 aliphatic heterocycles. The number of sulfonamides is 1. The average Bonchev–Trinajstić information content (AvgIpc) is 2.71. The van der Waals surface area contributed by atoms with Crippen molar-refractivity contribution >= 4 is 44.8 Å². The van der Waals surface area contributed by atoms with Crippen LogP contribution in [-0.4, -0.2) is 56.3 Å². The van der Waals surface area contributed by atoms with Crippen molar-refractivity contribution < 1.29 is 13.2 Å². The van der Waals surface area contributed by atoms with Gasteiger partial charge in [-0.1, -0.05) is 42.3 Å². The molecule has 6 nitrogen and oxygen atoms in total. The number of nitrogens with one attached hydrogen (secondary N) is 1. The summed E-state index contributed by atoms with van der Waals surface area (Å²) in [5, 5.41) is 3.56. The standard InChI is InChI=1S/C20H23Cl2N3O3S/c1-2-24-8-10-25(11-9-24)29(27,28)17-5-3-4-16(14-17)23-20(26)13-15-6-7-18(21)19(22)12-15/h3-7,12,14H,2,8-11,13H2,1H3,(H,23,26). The van der Waals surface area contributed by atoms with Crippen LogP contribution in [0.4, 0.5) is 5.69 Å². The van der Waals surface area contributed by atoms with Crippen molar-refractivity contribution in [1.29, 1.82) is 0 Å². The van der Waals surface area contributed by atoms with Crippen LogP contribution in [0.5, 0.6) is 0 Å². The normalized spacial score (nSPS) is 16.0. The predicted octanol–water partition coefficient (Wildman–Crippen LogP) is 3.50. The summed E-state index contributed by atoms with van der Waals surface area (Å²) in [7, 11) is -3.60. The Labute approximate surface area is 181 Å². The largest absolute Gasteiger partial charge is 0.326 e. The number of carbonyl (C=O) groups is 1. The third-order valence-corrected chi connectivity index (χ3v) is 7.52. The molecule has 29 heavy (non-hydrogen) atoms. The van der Waals surface area contributed by atoms with E-state index in [2.05, 4.69) is 17.1 Å². The van der Waals surface area contributed by atoms with Crippen molar-refractivity contribution in [1.82, 2.24) is 9.21 Å². The molecule has 3 rings (SSSR count).